The topological polar surface area (TPSA) is 61.8 Å². The van der Waals surface area contributed by atoms with Gasteiger partial charge >= 0.3 is 42.1 Å². The number of unbranched alkanes of at least 4 members (excludes halogenated alkanes) is 4. The highest BCUT2D eigenvalue weighted by molar-refractivity contribution is 5.96. The van der Waals surface area contributed by atoms with Gasteiger partial charge in [0.1, 0.15) is 5.75 Å². The molecule has 294 valence electrons. The molecule has 3 rings (SSSR count). The lowest BCUT2D eigenvalue weighted by molar-refractivity contribution is -0.396. The van der Waals surface area contributed by atoms with Crippen LogP contribution < -0.4 is 9.47 Å². The van der Waals surface area contributed by atoms with Gasteiger partial charge < -0.3 is 14.2 Å². The lowest BCUT2D eigenvalue weighted by Gasteiger charge is -2.33. The minimum atomic E-state index is -7.04. The third-order valence-corrected chi connectivity index (χ3v) is 7.81. The van der Waals surface area contributed by atoms with Gasteiger partial charge in [-0.05, 0) is 72.9 Å². The molecular formula is C34H30F14O5. The van der Waals surface area contributed by atoms with Gasteiger partial charge in [0.05, 0.1) is 17.7 Å². The number of rotatable bonds is 17. The Hall–Kier alpha value is -4.32. The van der Waals surface area contributed by atoms with Gasteiger partial charge in [0, 0.05) is 6.42 Å². The molecule has 3 aromatic carbocycles. The van der Waals surface area contributed by atoms with Crippen LogP contribution in [-0.2, 0) is 4.74 Å². The highest BCUT2D eigenvalue weighted by atomic mass is 19.4. The van der Waals surface area contributed by atoms with Crippen molar-refractivity contribution >= 4 is 22.7 Å². The van der Waals surface area contributed by atoms with Crippen LogP contribution in [0.5, 0.6) is 11.5 Å². The molecule has 0 bridgehead atoms. The summed E-state index contributed by atoms with van der Waals surface area (Å²) < 4.78 is 201. The second kappa shape index (κ2) is 16.8. The molecule has 0 spiro atoms. The molecule has 0 N–H and O–H groups in total. The largest absolute Gasteiger partial charge is 0.490 e. The number of hydrogen-bond acceptors (Lipinski definition) is 5. The molecule has 53 heavy (non-hydrogen) atoms. The fourth-order valence-electron chi connectivity index (χ4n) is 4.82. The first-order valence-electron chi connectivity index (χ1n) is 15.8. The third-order valence-electron chi connectivity index (χ3n) is 7.81. The number of alkyl halides is 12. The van der Waals surface area contributed by atoms with Gasteiger partial charge in [-0.15, -0.1) is 0 Å². The number of carbonyl (C=O) groups excluding carboxylic acids is 2. The zero-order valence-electron chi connectivity index (χ0n) is 27.4. The van der Waals surface area contributed by atoms with Gasteiger partial charge in [0.25, 0.3) is 0 Å². The highest BCUT2D eigenvalue weighted by Crippen LogP contribution is 2.54. The highest BCUT2D eigenvalue weighted by Gasteiger charge is 2.81. The van der Waals surface area contributed by atoms with Gasteiger partial charge in [-0.2, -0.15) is 57.1 Å². The fourth-order valence-corrected chi connectivity index (χ4v) is 4.82. The van der Waals surface area contributed by atoms with E-state index in [9.17, 15) is 71.1 Å². The van der Waals surface area contributed by atoms with E-state index in [-0.39, 0.29) is 17.7 Å². The lowest BCUT2D eigenvalue weighted by atomic mass is 9.99. The van der Waals surface area contributed by atoms with E-state index in [1.165, 1.54) is 36.4 Å². The summed E-state index contributed by atoms with van der Waals surface area (Å²) in [5.74, 6) is -27.0. The summed E-state index contributed by atoms with van der Waals surface area (Å²) in [7, 11) is 0. The monoisotopic (exact) mass is 784 g/mol. The number of fused-ring (bicyclic) bond motifs is 1. The van der Waals surface area contributed by atoms with Crippen molar-refractivity contribution in [2.45, 2.75) is 94.5 Å². The summed E-state index contributed by atoms with van der Waals surface area (Å²) in [6.45, 7) is 1.08. The van der Waals surface area contributed by atoms with Crippen LogP contribution in [0, 0.1) is 11.6 Å². The minimum absolute atomic E-state index is 0.199. The summed E-state index contributed by atoms with van der Waals surface area (Å²) in [6, 6.07) is 8.84. The number of hydrogen-bond donors (Lipinski definition) is 0. The molecule has 19 heteroatoms. The van der Waals surface area contributed by atoms with E-state index in [1.54, 1.807) is 0 Å². The maximum atomic E-state index is 14.7. The Labute approximate surface area is 292 Å². The standard InChI is InChI=1S/C34H30F14O5/c1-2-3-4-5-8-25(31(39,40)41)53-28(49)21-10-9-20-18-22(12-11-19(20)17-21)52-29(50)23-13-14-24(27(36)26(23)35)51-16-7-6-15-30(37,38)32(42,43)33(44,45)34(46,47)48/h9-14,17-18,25H,2-8,15-16H2,1H3/t25-/m0/s1. The lowest BCUT2D eigenvalue weighted by Crippen LogP contribution is -2.60. The maximum absolute atomic E-state index is 14.7. The molecule has 1 atom stereocenters. The SMILES string of the molecule is CCCCCC[C@H](OC(=O)c1ccc2cc(OC(=O)c3ccc(OCCCCC(F)(F)C(F)(F)C(F)(F)C(F)(F)F)c(F)c3F)ccc2c1)C(F)(F)F. The summed E-state index contributed by atoms with van der Waals surface area (Å²) >= 11 is 0. The summed E-state index contributed by atoms with van der Waals surface area (Å²) in [5.41, 5.74) is -1.16. The van der Waals surface area contributed by atoms with Crippen molar-refractivity contribution in [3.8, 4) is 11.5 Å². The quantitative estimate of drug-likeness (QED) is 0.0590. The van der Waals surface area contributed by atoms with E-state index >= 15 is 0 Å². The number of esters is 2. The molecular weight excluding hydrogens is 754 g/mol. The number of benzene rings is 3. The predicted octanol–water partition coefficient (Wildman–Crippen LogP) is 11.4. The van der Waals surface area contributed by atoms with Crippen molar-refractivity contribution in [2.24, 2.45) is 0 Å². The van der Waals surface area contributed by atoms with E-state index in [1.807, 2.05) is 6.92 Å². The summed E-state index contributed by atoms with van der Waals surface area (Å²) in [6.07, 6.45) is -16.1. The van der Waals surface area contributed by atoms with Crippen LogP contribution in [-0.4, -0.2) is 54.8 Å². The molecule has 0 amide bonds. The van der Waals surface area contributed by atoms with Crippen LogP contribution in [0.15, 0.2) is 48.5 Å². The molecule has 0 aliphatic rings. The minimum Gasteiger partial charge on any atom is -0.490 e. The number of carbonyl (C=O) groups is 2. The van der Waals surface area contributed by atoms with Gasteiger partial charge in [0.2, 0.25) is 5.82 Å². The first-order valence-corrected chi connectivity index (χ1v) is 15.8. The van der Waals surface area contributed by atoms with E-state index < -0.39 is 103 Å². The van der Waals surface area contributed by atoms with Crippen molar-refractivity contribution in [3.63, 3.8) is 0 Å². The number of ether oxygens (including phenoxy) is 3. The number of halogens is 14. The average molecular weight is 785 g/mol. The second-order valence-electron chi connectivity index (χ2n) is 11.8. The first kappa shape index (κ1) is 43.1. The van der Waals surface area contributed by atoms with Crippen molar-refractivity contribution in [1.29, 1.82) is 0 Å². The van der Waals surface area contributed by atoms with Crippen molar-refractivity contribution in [1.82, 2.24) is 0 Å². The molecule has 0 aliphatic carbocycles. The summed E-state index contributed by atoms with van der Waals surface area (Å²) in [4.78, 5) is 25.1. The van der Waals surface area contributed by atoms with Crippen molar-refractivity contribution in [2.75, 3.05) is 6.61 Å². The Balaban J connectivity index is 1.60. The van der Waals surface area contributed by atoms with Crippen LogP contribution in [0.2, 0.25) is 0 Å². The van der Waals surface area contributed by atoms with Gasteiger partial charge in [0.15, 0.2) is 17.7 Å². The van der Waals surface area contributed by atoms with Crippen LogP contribution in [0.25, 0.3) is 10.8 Å². The molecule has 3 aromatic rings. The van der Waals surface area contributed by atoms with E-state index in [0.717, 1.165) is 12.8 Å². The van der Waals surface area contributed by atoms with Gasteiger partial charge in [-0.1, -0.05) is 38.3 Å². The van der Waals surface area contributed by atoms with E-state index in [4.69, 9.17) is 14.2 Å². The molecule has 0 aliphatic heterocycles. The molecule has 0 aromatic heterocycles. The van der Waals surface area contributed by atoms with Crippen LogP contribution >= 0.6 is 0 Å². The molecule has 0 radical (unpaired) electrons. The Kier molecular flexibility index (Phi) is 13.6. The summed E-state index contributed by atoms with van der Waals surface area (Å²) in [5, 5.41) is 0.617. The fraction of sp³-hybridized carbons (Fsp3) is 0.471. The predicted molar refractivity (Wildman–Crippen MR) is 160 cm³/mol. The zero-order valence-corrected chi connectivity index (χ0v) is 27.4. The van der Waals surface area contributed by atoms with E-state index in [0.29, 0.717) is 29.3 Å². The Morgan fingerprint density at radius 1 is 0.679 bits per heavy atom. The van der Waals surface area contributed by atoms with Crippen molar-refractivity contribution < 1.29 is 85.3 Å². The van der Waals surface area contributed by atoms with Crippen LogP contribution in [0.3, 0.4) is 0 Å². The Bertz CT molecular complexity index is 1740. The smallest absolute Gasteiger partial charge is 0.460 e. The zero-order chi connectivity index (χ0) is 40.0. The van der Waals surface area contributed by atoms with Crippen molar-refractivity contribution in [3.05, 3.63) is 71.3 Å². The van der Waals surface area contributed by atoms with Crippen LogP contribution in [0.1, 0.15) is 79.0 Å². The van der Waals surface area contributed by atoms with Gasteiger partial charge in [-0.25, -0.2) is 14.0 Å². The van der Waals surface area contributed by atoms with E-state index in [2.05, 4.69) is 0 Å². The molecule has 5 nitrogen and oxygen atoms in total. The second-order valence-corrected chi connectivity index (χ2v) is 11.8. The third kappa shape index (κ3) is 10.2. The first-order chi connectivity index (χ1) is 24.4. The molecule has 0 unspecified atom stereocenters. The maximum Gasteiger partial charge on any atom is 0.460 e. The van der Waals surface area contributed by atoms with Crippen LogP contribution in [0.4, 0.5) is 61.5 Å². The Morgan fingerprint density at radius 3 is 1.94 bits per heavy atom. The average Bonchev–Trinajstić information content (AvgIpc) is 3.06. The normalized spacial score (nSPS) is 13.6. The molecule has 0 saturated heterocycles. The molecule has 0 heterocycles. The Morgan fingerprint density at radius 2 is 1.32 bits per heavy atom. The molecule has 0 saturated carbocycles. The molecule has 0 fully saturated rings. The van der Waals surface area contributed by atoms with Gasteiger partial charge in [-0.3, -0.25) is 0 Å².